The fourth-order valence-electron chi connectivity index (χ4n) is 1.21. The highest BCUT2D eigenvalue weighted by Crippen LogP contribution is 2.03. The highest BCUT2D eigenvalue weighted by atomic mass is 15.0. The van der Waals surface area contributed by atoms with Crippen LogP contribution in [0.15, 0.2) is 12.4 Å². The van der Waals surface area contributed by atoms with Gasteiger partial charge in [-0.2, -0.15) is 0 Å². The van der Waals surface area contributed by atoms with E-state index in [1.807, 2.05) is 13.0 Å². The van der Waals surface area contributed by atoms with Crippen molar-refractivity contribution in [3.05, 3.63) is 18.1 Å². The third-order valence-corrected chi connectivity index (χ3v) is 1.99. The molecular weight excluding hydrogens is 176 g/mol. The van der Waals surface area contributed by atoms with Gasteiger partial charge in [0, 0.05) is 18.3 Å². The van der Waals surface area contributed by atoms with E-state index in [0.29, 0.717) is 0 Å². The Morgan fingerprint density at radius 1 is 1.29 bits per heavy atom. The Morgan fingerprint density at radius 3 is 2.86 bits per heavy atom. The van der Waals surface area contributed by atoms with Gasteiger partial charge in [-0.15, -0.1) is 0 Å². The van der Waals surface area contributed by atoms with Gasteiger partial charge in [-0.1, -0.05) is 6.42 Å². The standard InChI is InChI=1S/C10H18N4/c1-9-7-10(14-8-13-9)12-6-4-2-3-5-11/h7-8H,2-6,11H2,1H3,(H,12,13,14). The molecule has 0 aliphatic heterocycles. The van der Waals surface area contributed by atoms with Crippen molar-refractivity contribution in [2.24, 2.45) is 5.73 Å². The molecule has 0 radical (unpaired) electrons. The van der Waals surface area contributed by atoms with Gasteiger partial charge in [0.25, 0.3) is 0 Å². The van der Waals surface area contributed by atoms with Crippen molar-refractivity contribution in [1.82, 2.24) is 9.97 Å². The Bertz CT molecular complexity index is 262. The zero-order valence-electron chi connectivity index (χ0n) is 8.66. The number of aromatic nitrogens is 2. The Labute approximate surface area is 85.0 Å². The highest BCUT2D eigenvalue weighted by Gasteiger charge is 1.93. The molecule has 0 spiro atoms. The minimum absolute atomic E-state index is 0.784. The average Bonchev–Trinajstić information content (AvgIpc) is 2.18. The predicted octanol–water partition coefficient (Wildman–Crippen LogP) is 1.33. The number of nitrogens with one attached hydrogen (secondary N) is 1. The molecule has 0 atom stereocenters. The molecule has 1 aromatic rings. The highest BCUT2D eigenvalue weighted by molar-refractivity contribution is 5.33. The molecule has 3 N–H and O–H groups in total. The lowest BCUT2D eigenvalue weighted by Crippen LogP contribution is -2.05. The summed E-state index contributed by atoms with van der Waals surface area (Å²) < 4.78 is 0. The van der Waals surface area contributed by atoms with Crippen molar-refractivity contribution >= 4 is 5.82 Å². The van der Waals surface area contributed by atoms with Gasteiger partial charge in [0.15, 0.2) is 0 Å². The summed E-state index contributed by atoms with van der Waals surface area (Å²) in [5.74, 6) is 0.908. The number of hydrogen-bond acceptors (Lipinski definition) is 4. The molecular formula is C10H18N4. The topological polar surface area (TPSA) is 63.8 Å². The summed E-state index contributed by atoms with van der Waals surface area (Å²) in [6.45, 7) is 3.70. The Morgan fingerprint density at radius 2 is 2.14 bits per heavy atom. The molecule has 0 aromatic carbocycles. The van der Waals surface area contributed by atoms with E-state index in [2.05, 4.69) is 15.3 Å². The second-order valence-electron chi connectivity index (χ2n) is 3.32. The fraction of sp³-hybridized carbons (Fsp3) is 0.600. The van der Waals surface area contributed by atoms with E-state index in [1.54, 1.807) is 6.33 Å². The van der Waals surface area contributed by atoms with Gasteiger partial charge >= 0.3 is 0 Å². The summed E-state index contributed by atoms with van der Waals surface area (Å²) in [5.41, 5.74) is 6.39. The molecule has 0 bridgehead atoms. The first-order chi connectivity index (χ1) is 6.83. The summed E-state index contributed by atoms with van der Waals surface area (Å²) >= 11 is 0. The van der Waals surface area contributed by atoms with Crippen LogP contribution in [0, 0.1) is 6.92 Å². The molecule has 0 aliphatic carbocycles. The second-order valence-corrected chi connectivity index (χ2v) is 3.32. The number of rotatable bonds is 6. The quantitative estimate of drug-likeness (QED) is 0.670. The molecule has 0 saturated carbocycles. The van der Waals surface area contributed by atoms with Crippen molar-refractivity contribution in [3.8, 4) is 0 Å². The number of nitrogens with two attached hydrogens (primary N) is 1. The lowest BCUT2D eigenvalue weighted by Gasteiger charge is -2.04. The van der Waals surface area contributed by atoms with E-state index in [1.165, 1.54) is 6.42 Å². The maximum absolute atomic E-state index is 5.40. The Kier molecular flexibility index (Phi) is 4.93. The molecule has 4 nitrogen and oxygen atoms in total. The van der Waals surface area contributed by atoms with Crippen LogP contribution in [0.5, 0.6) is 0 Å². The van der Waals surface area contributed by atoms with Crippen LogP contribution in [-0.2, 0) is 0 Å². The van der Waals surface area contributed by atoms with Crippen LogP contribution in [0.3, 0.4) is 0 Å². The van der Waals surface area contributed by atoms with Crippen molar-refractivity contribution in [3.63, 3.8) is 0 Å². The van der Waals surface area contributed by atoms with Crippen molar-refractivity contribution in [1.29, 1.82) is 0 Å². The van der Waals surface area contributed by atoms with Gasteiger partial charge in [0.2, 0.25) is 0 Å². The zero-order valence-corrected chi connectivity index (χ0v) is 8.66. The Balaban J connectivity index is 2.18. The minimum Gasteiger partial charge on any atom is -0.370 e. The van der Waals surface area contributed by atoms with Gasteiger partial charge in [-0.3, -0.25) is 0 Å². The first-order valence-corrected chi connectivity index (χ1v) is 5.05. The lowest BCUT2D eigenvalue weighted by molar-refractivity contribution is 0.706. The molecule has 1 rings (SSSR count). The first-order valence-electron chi connectivity index (χ1n) is 5.05. The van der Waals surface area contributed by atoms with Gasteiger partial charge < -0.3 is 11.1 Å². The minimum atomic E-state index is 0.784. The fourth-order valence-corrected chi connectivity index (χ4v) is 1.21. The predicted molar refractivity (Wildman–Crippen MR) is 58.2 cm³/mol. The lowest BCUT2D eigenvalue weighted by atomic mass is 10.2. The van der Waals surface area contributed by atoms with Gasteiger partial charge in [-0.25, -0.2) is 9.97 Å². The smallest absolute Gasteiger partial charge is 0.129 e. The molecule has 0 saturated heterocycles. The van der Waals surface area contributed by atoms with Crippen LogP contribution in [0.25, 0.3) is 0 Å². The van der Waals surface area contributed by atoms with E-state index in [4.69, 9.17) is 5.73 Å². The monoisotopic (exact) mass is 194 g/mol. The molecule has 14 heavy (non-hydrogen) atoms. The summed E-state index contributed by atoms with van der Waals surface area (Å²) in [5, 5.41) is 3.25. The Hall–Kier alpha value is -1.16. The van der Waals surface area contributed by atoms with E-state index in [-0.39, 0.29) is 0 Å². The van der Waals surface area contributed by atoms with Gasteiger partial charge in [0.05, 0.1) is 0 Å². The van der Waals surface area contributed by atoms with Crippen LogP contribution in [0.4, 0.5) is 5.82 Å². The second kappa shape index (κ2) is 6.32. The maximum atomic E-state index is 5.40. The third-order valence-electron chi connectivity index (χ3n) is 1.99. The normalized spacial score (nSPS) is 10.1. The summed E-state index contributed by atoms with van der Waals surface area (Å²) in [7, 11) is 0. The first kappa shape index (κ1) is 10.9. The molecule has 1 aromatic heterocycles. The molecule has 0 unspecified atom stereocenters. The average molecular weight is 194 g/mol. The third kappa shape index (κ3) is 4.18. The summed E-state index contributed by atoms with van der Waals surface area (Å²) in [4.78, 5) is 8.14. The van der Waals surface area contributed by atoms with E-state index in [0.717, 1.165) is 37.4 Å². The zero-order chi connectivity index (χ0) is 10.2. The van der Waals surface area contributed by atoms with Crippen molar-refractivity contribution in [2.45, 2.75) is 26.2 Å². The van der Waals surface area contributed by atoms with E-state index >= 15 is 0 Å². The molecule has 0 amide bonds. The van der Waals surface area contributed by atoms with Crippen LogP contribution in [0.2, 0.25) is 0 Å². The molecule has 0 aliphatic rings. The number of nitrogens with zero attached hydrogens (tertiary/aromatic N) is 2. The summed E-state index contributed by atoms with van der Waals surface area (Å²) in [6, 6.07) is 1.95. The van der Waals surface area contributed by atoms with Gasteiger partial charge in [0.1, 0.15) is 12.1 Å². The van der Waals surface area contributed by atoms with Crippen molar-refractivity contribution < 1.29 is 0 Å². The van der Waals surface area contributed by atoms with Crippen LogP contribution >= 0.6 is 0 Å². The number of unbranched alkanes of at least 4 members (excludes halogenated alkanes) is 2. The van der Waals surface area contributed by atoms with Crippen LogP contribution in [-0.4, -0.2) is 23.1 Å². The van der Waals surface area contributed by atoms with Gasteiger partial charge in [-0.05, 0) is 26.3 Å². The number of aryl methyl sites for hydroxylation is 1. The molecule has 0 fully saturated rings. The van der Waals surface area contributed by atoms with E-state index < -0.39 is 0 Å². The number of hydrogen-bond donors (Lipinski definition) is 2. The van der Waals surface area contributed by atoms with Crippen molar-refractivity contribution in [2.75, 3.05) is 18.4 Å². The SMILES string of the molecule is Cc1cc(NCCCCCN)ncn1. The molecule has 1 heterocycles. The maximum Gasteiger partial charge on any atom is 0.129 e. The summed E-state index contributed by atoms with van der Waals surface area (Å²) in [6.07, 6.45) is 5.00. The molecule has 4 heteroatoms. The van der Waals surface area contributed by atoms with E-state index in [9.17, 15) is 0 Å². The molecule has 78 valence electrons. The van der Waals surface area contributed by atoms with Crippen LogP contribution in [0.1, 0.15) is 25.0 Å². The largest absolute Gasteiger partial charge is 0.370 e. The number of anilines is 1. The van der Waals surface area contributed by atoms with Crippen LogP contribution < -0.4 is 11.1 Å².